The van der Waals surface area contributed by atoms with Crippen molar-refractivity contribution in [2.75, 3.05) is 6.61 Å². The number of aliphatic hydroxyl groups is 1. The second kappa shape index (κ2) is 5.51. The highest BCUT2D eigenvalue weighted by Gasteiger charge is 2.09. The lowest BCUT2D eigenvalue weighted by Gasteiger charge is -2.12. The Morgan fingerprint density at radius 2 is 2.27 bits per heavy atom. The molecule has 0 aliphatic rings. The molecule has 0 unspecified atom stereocenters. The molecule has 15 heavy (non-hydrogen) atoms. The molecule has 0 spiro atoms. The second-order valence-corrected chi connectivity index (χ2v) is 3.24. The van der Waals surface area contributed by atoms with Crippen molar-refractivity contribution in [2.24, 2.45) is 0 Å². The Hall–Kier alpha value is -1.35. The molecule has 1 N–H and O–H groups in total. The SMILES string of the molecule is CC=CCOc1cc(F)ccc1[C@@H](C)O. The summed E-state index contributed by atoms with van der Waals surface area (Å²) in [6, 6.07) is 4.13. The van der Waals surface area contributed by atoms with E-state index in [0.717, 1.165) is 0 Å². The molecule has 0 aliphatic heterocycles. The smallest absolute Gasteiger partial charge is 0.128 e. The Kier molecular flexibility index (Phi) is 4.31. The van der Waals surface area contributed by atoms with E-state index in [1.807, 2.05) is 19.1 Å². The number of allylic oxidation sites excluding steroid dienone is 1. The van der Waals surface area contributed by atoms with Gasteiger partial charge in [0.25, 0.3) is 0 Å². The molecule has 0 saturated carbocycles. The average molecular weight is 210 g/mol. The number of halogens is 1. The van der Waals surface area contributed by atoms with Crippen molar-refractivity contribution in [3.8, 4) is 5.75 Å². The molecule has 0 heterocycles. The fourth-order valence-corrected chi connectivity index (χ4v) is 1.21. The summed E-state index contributed by atoms with van der Waals surface area (Å²) < 4.78 is 18.3. The Labute approximate surface area is 89.0 Å². The van der Waals surface area contributed by atoms with Crippen molar-refractivity contribution >= 4 is 0 Å². The van der Waals surface area contributed by atoms with Gasteiger partial charge in [-0.3, -0.25) is 0 Å². The number of hydrogen-bond acceptors (Lipinski definition) is 2. The van der Waals surface area contributed by atoms with Gasteiger partial charge in [0.1, 0.15) is 18.2 Å². The first kappa shape index (κ1) is 11.7. The van der Waals surface area contributed by atoms with Crippen LogP contribution in [0.4, 0.5) is 4.39 Å². The highest BCUT2D eigenvalue weighted by Crippen LogP contribution is 2.25. The van der Waals surface area contributed by atoms with Crippen LogP contribution in [0, 0.1) is 5.82 Å². The van der Waals surface area contributed by atoms with Gasteiger partial charge in [-0.25, -0.2) is 4.39 Å². The largest absolute Gasteiger partial charge is 0.489 e. The molecular weight excluding hydrogens is 195 g/mol. The zero-order chi connectivity index (χ0) is 11.3. The number of hydrogen-bond donors (Lipinski definition) is 1. The van der Waals surface area contributed by atoms with Gasteiger partial charge in [0.15, 0.2) is 0 Å². The van der Waals surface area contributed by atoms with Crippen molar-refractivity contribution in [3.63, 3.8) is 0 Å². The van der Waals surface area contributed by atoms with Crippen molar-refractivity contribution in [3.05, 3.63) is 41.7 Å². The second-order valence-electron chi connectivity index (χ2n) is 3.24. The quantitative estimate of drug-likeness (QED) is 0.774. The van der Waals surface area contributed by atoms with Crippen LogP contribution in [-0.4, -0.2) is 11.7 Å². The topological polar surface area (TPSA) is 29.5 Å². The fraction of sp³-hybridized carbons (Fsp3) is 0.333. The van der Waals surface area contributed by atoms with Crippen LogP contribution in [0.2, 0.25) is 0 Å². The van der Waals surface area contributed by atoms with Crippen LogP contribution < -0.4 is 4.74 Å². The first-order chi connectivity index (χ1) is 7.15. The number of aliphatic hydroxyl groups excluding tert-OH is 1. The number of ether oxygens (including phenoxy) is 1. The first-order valence-electron chi connectivity index (χ1n) is 4.86. The van der Waals surface area contributed by atoms with Crippen molar-refractivity contribution in [2.45, 2.75) is 20.0 Å². The van der Waals surface area contributed by atoms with E-state index in [9.17, 15) is 9.50 Å². The molecule has 0 saturated heterocycles. The minimum Gasteiger partial charge on any atom is -0.489 e. The van der Waals surface area contributed by atoms with E-state index in [1.165, 1.54) is 18.2 Å². The van der Waals surface area contributed by atoms with Crippen LogP contribution in [0.3, 0.4) is 0 Å². The van der Waals surface area contributed by atoms with E-state index in [4.69, 9.17) is 4.74 Å². The van der Waals surface area contributed by atoms with Crippen LogP contribution in [0.5, 0.6) is 5.75 Å². The molecule has 1 atom stereocenters. The van der Waals surface area contributed by atoms with Gasteiger partial charge < -0.3 is 9.84 Å². The summed E-state index contributed by atoms with van der Waals surface area (Å²) in [4.78, 5) is 0. The Balaban J connectivity index is 2.86. The molecule has 1 rings (SSSR count). The van der Waals surface area contributed by atoms with Gasteiger partial charge in [-0.05, 0) is 26.0 Å². The average Bonchev–Trinajstić information content (AvgIpc) is 2.18. The minimum absolute atomic E-state index is 0.366. The summed E-state index contributed by atoms with van der Waals surface area (Å²) in [6.45, 7) is 3.87. The Morgan fingerprint density at radius 3 is 2.87 bits per heavy atom. The molecule has 0 aromatic heterocycles. The van der Waals surface area contributed by atoms with Crippen LogP contribution in [0.1, 0.15) is 25.5 Å². The number of benzene rings is 1. The van der Waals surface area contributed by atoms with Crippen molar-refractivity contribution in [1.82, 2.24) is 0 Å². The van der Waals surface area contributed by atoms with Crippen LogP contribution in [0.15, 0.2) is 30.4 Å². The van der Waals surface area contributed by atoms with E-state index in [1.54, 1.807) is 6.92 Å². The van der Waals surface area contributed by atoms with Crippen LogP contribution >= 0.6 is 0 Å². The zero-order valence-corrected chi connectivity index (χ0v) is 8.90. The maximum atomic E-state index is 12.9. The molecule has 1 aromatic carbocycles. The highest BCUT2D eigenvalue weighted by molar-refractivity contribution is 5.35. The minimum atomic E-state index is -0.661. The van der Waals surface area contributed by atoms with Gasteiger partial charge in [-0.15, -0.1) is 0 Å². The fourth-order valence-electron chi connectivity index (χ4n) is 1.21. The maximum Gasteiger partial charge on any atom is 0.128 e. The molecule has 0 fully saturated rings. The lowest BCUT2D eigenvalue weighted by atomic mass is 10.1. The van der Waals surface area contributed by atoms with Gasteiger partial charge in [0.05, 0.1) is 6.10 Å². The number of rotatable bonds is 4. The third kappa shape index (κ3) is 3.36. The highest BCUT2D eigenvalue weighted by atomic mass is 19.1. The summed E-state index contributed by atoms with van der Waals surface area (Å²) in [5, 5.41) is 9.43. The summed E-state index contributed by atoms with van der Waals surface area (Å²) >= 11 is 0. The lowest BCUT2D eigenvalue weighted by Crippen LogP contribution is -2.01. The Morgan fingerprint density at radius 1 is 1.53 bits per heavy atom. The molecule has 0 amide bonds. The van der Waals surface area contributed by atoms with Crippen molar-refractivity contribution in [1.29, 1.82) is 0 Å². The van der Waals surface area contributed by atoms with E-state index >= 15 is 0 Å². The van der Waals surface area contributed by atoms with Gasteiger partial charge in [-0.1, -0.05) is 12.2 Å². The summed E-state index contributed by atoms with van der Waals surface area (Å²) in [6.07, 6.45) is 3.00. The van der Waals surface area contributed by atoms with Crippen LogP contribution in [-0.2, 0) is 0 Å². The van der Waals surface area contributed by atoms with Gasteiger partial charge >= 0.3 is 0 Å². The van der Waals surface area contributed by atoms with Gasteiger partial charge in [0.2, 0.25) is 0 Å². The van der Waals surface area contributed by atoms with E-state index in [-0.39, 0.29) is 5.82 Å². The van der Waals surface area contributed by atoms with E-state index in [2.05, 4.69) is 0 Å². The molecular formula is C12H15FO2. The molecule has 82 valence electrons. The monoisotopic (exact) mass is 210 g/mol. The first-order valence-corrected chi connectivity index (χ1v) is 4.86. The van der Waals surface area contributed by atoms with E-state index in [0.29, 0.717) is 17.9 Å². The maximum absolute atomic E-state index is 12.9. The molecule has 0 radical (unpaired) electrons. The van der Waals surface area contributed by atoms with Crippen molar-refractivity contribution < 1.29 is 14.2 Å². The normalized spacial score (nSPS) is 13.1. The molecule has 3 heteroatoms. The Bertz CT molecular complexity index is 345. The molecule has 1 aromatic rings. The third-order valence-corrected chi connectivity index (χ3v) is 2.00. The summed E-state index contributed by atoms with van der Waals surface area (Å²) in [5.41, 5.74) is 0.598. The summed E-state index contributed by atoms with van der Waals surface area (Å²) in [5.74, 6) is 0.0259. The van der Waals surface area contributed by atoms with E-state index < -0.39 is 6.10 Å². The lowest BCUT2D eigenvalue weighted by molar-refractivity contribution is 0.192. The zero-order valence-electron chi connectivity index (χ0n) is 8.90. The third-order valence-electron chi connectivity index (χ3n) is 2.00. The predicted molar refractivity (Wildman–Crippen MR) is 57.3 cm³/mol. The standard InChI is InChI=1S/C12H15FO2/c1-3-4-7-15-12-8-10(13)5-6-11(12)9(2)14/h3-6,8-9,14H,7H2,1-2H3/t9-/m1/s1. The predicted octanol–water partition coefficient (Wildman–Crippen LogP) is 2.83. The molecule has 2 nitrogen and oxygen atoms in total. The van der Waals surface area contributed by atoms with Gasteiger partial charge in [0, 0.05) is 11.6 Å². The molecule has 0 aliphatic carbocycles. The van der Waals surface area contributed by atoms with Gasteiger partial charge in [-0.2, -0.15) is 0 Å². The summed E-state index contributed by atoms with van der Waals surface area (Å²) in [7, 11) is 0. The van der Waals surface area contributed by atoms with Crippen LogP contribution in [0.25, 0.3) is 0 Å². The molecule has 0 bridgehead atoms.